The number of hydrogen-bond acceptors (Lipinski definition) is 4. The maximum absolute atomic E-state index is 12.3. The zero-order valence-corrected chi connectivity index (χ0v) is 29.5. The van der Waals surface area contributed by atoms with Gasteiger partial charge in [-0.1, -0.05) is 174 Å². The van der Waals surface area contributed by atoms with E-state index in [2.05, 4.69) is 13.8 Å². The van der Waals surface area contributed by atoms with Crippen molar-refractivity contribution in [3.63, 3.8) is 0 Å². The smallest absolute Gasteiger partial charge is 0.409 e. The molecule has 0 saturated heterocycles. The van der Waals surface area contributed by atoms with Crippen LogP contribution in [0.2, 0.25) is 0 Å². The molecule has 1 aromatic rings. The van der Waals surface area contributed by atoms with Gasteiger partial charge in [0.25, 0.3) is 0 Å². The highest BCUT2D eigenvalue weighted by Crippen LogP contribution is 2.16. The predicted molar refractivity (Wildman–Crippen MR) is 190 cm³/mol. The Morgan fingerprint density at radius 2 is 0.818 bits per heavy atom. The Kier molecular flexibility index (Phi) is 32.5. The fraction of sp³-hybridized carbons (Fsp3) is 0.821. The van der Waals surface area contributed by atoms with Crippen molar-refractivity contribution in [2.75, 3.05) is 19.7 Å². The molecule has 258 valence electrons. The van der Waals surface area contributed by atoms with Gasteiger partial charge in [-0.3, -0.25) is 0 Å². The summed E-state index contributed by atoms with van der Waals surface area (Å²) >= 11 is 0. The minimum absolute atomic E-state index is 0.0880. The van der Waals surface area contributed by atoms with Gasteiger partial charge in [-0.05, 0) is 31.9 Å². The summed E-state index contributed by atoms with van der Waals surface area (Å²) in [5, 5.41) is 17.3. The fourth-order valence-electron chi connectivity index (χ4n) is 5.64. The number of phenolic OH excluding ortho intramolecular Hbond substituents is 2. The molecule has 0 aliphatic heterocycles. The first-order valence-electron chi connectivity index (χ1n) is 18.9. The predicted octanol–water partition coefficient (Wildman–Crippen LogP) is 12.7. The van der Waals surface area contributed by atoms with Crippen molar-refractivity contribution in [2.45, 2.75) is 188 Å². The van der Waals surface area contributed by atoms with E-state index in [4.69, 9.17) is 14.9 Å². The van der Waals surface area contributed by atoms with E-state index < -0.39 is 0 Å². The summed E-state index contributed by atoms with van der Waals surface area (Å²) in [7, 11) is 0. The number of phenols is 2. The Balaban J connectivity index is 0.00000198. The second-order valence-electron chi connectivity index (χ2n) is 12.7. The van der Waals surface area contributed by atoms with E-state index in [0.29, 0.717) is 6.61 Å². The van der Waals surface area contributed by atoms with Gasteiger partial charge in [-0.2, -0.15) is 0 Å². The SMILES string of the molecule is CCCCCCCCCCCCCCCN(CCCCCCCCCCCCCCC)C(=O)OCC.Oc1cccc(O)c1. The van der Waals surface area contributed by atoms with Crippen LogP contribution in [0.5, 0.6) is 11.5 Å². The molecule has 0 atom stereocenters. The van der Waals surface area contributed by atoms with Crippen molar-refractivity contribution in [2.24, 2.45) is 0 Å². The van der Waals surface area contributed by atoms with Gasteiger partial charge < -0.3 is 19.8 Å². The average Bonchev–Trinajstić information content (AvgIpc) is 3.01. The van der Waals surface area contributed by atoms with E-state index in [1.54, 1.807) is 6.07 Å². The molecule has 5 heteroatoms. The Labute approximate surface area is 273 Å². The number of ether oxygens (including phenoxy) is 1. The Morgan fingerprint density at radius 3 is 1.07 bits per heavy atom. The first-order valence-corrected chi connectivity index (χ1v) is 18.9. The lowest BCUT2D eigenvalue weighted by molar-refractivity contribution is 0.105. The minimum Gasteiger partial charge on any atom is -0.508 e. The van der Waals surface area contributed by atoms with Gasteiger partial charge in [0, 0.05) is 19.2 Å². The van der Waals surface area contributed by atoms with Crippen molar-refractivity contribution in [1.82, 2.24) is 4.90 Å². The van der Waals surface area contributed by atoms with Crippen molar-refractivity contribution in [3.8, 4) is 11.5 Å². The lowest BCUT2D eigenvalue weighted by Gasteiger charge is -2.22. The second-order valence-corrected chi connectivity index (χ2v) is 12.7. The molecule has 0 fully saturated rings. The quantitative estimate of drug-likeness (QED) is 0.0875. The lowest BCUT2D eigenvalue weighted by Crippen LogP contribution is -2.33. The Bertz CT molecular complexity index is 679. The number of rotatable bonds is 29. The van der Waals surface area contributed by atoms with Crippen LogP contribution in [0.15, 0.2) is 24.3 Å². The van der Waals surface area contributed by atoms with Gasteiger partial charge in [-0.15, -0.1) is 0 Å². The molecule has 5 nitrogen and oxygen atoms in total. The number of hydrogen-bond donors (Lipinski definition) is 2. The normalized spacial score (nSPS) is 10.8. The third-order valence-electron chi connectivity index (χ3n) is 8.42. The molecule has 0 aromatic heterocycles. The topological polar surface area (TPSA) is 70.0 Å². The zero-order chi connectivity index (χ0) is 32.4. The molecule has 2 N–H and O–H groups in total. The highest BCUT2D eigenvalue weighted by Gasteiger charge is 2.13. The lowest BCUT2D eigenvalue weighted by atomic mass is 10.0. The van der Waals surface area contributed by atoms with E-state index >= 15 is 0 Å². The number of carbonyl (C=O) groups excluding carboxylic acids is 1. The number of unbranched alkanes of at least 4 members (excludes halogenated alkanes) is 24. The third-order valence-corrected chi connectivity index (χ3v) is 8.42. The molecule has 0 saturated carbocycles. The summed E-state index contributed by atoms with van der Waals surface area (Å²) in [6.07, 6.45) is 35.3. The van der Waals surface area contributed by atoms with Crippen LogP contribution in [-0.2, 0) is 4.74 Å². The summed E-state index contributed by atoms with van der Waals surface area (Å²) in [6, 6.07) is 5.85. The summed E-state index contributed by atoms with van der Waals surface area (Å²) in [5.74, 6) is 0.176. The van der Waals surface area contributed by atoms with Crippen LogP contribution in [-0.4, -0.2) is 40.9 Å². The van der Waals surface area contributed by atoms with Crippen LogP contribution in [0.4, 0.5) is 4.79 Å². The Hall–Kier alpha value is -1.91. The van der Waals surface area contributed by atoms with Crippen LogP contribution in [0.3, 0.4) is 0 Å². The molecule has 44 heavy (non-hydrogen) atoms. The minimum atomic E-state index is -0.102. The van der Waals surface area contributed by atoms with Crippen LogP contribution >= 0.6 is 0 Å². The monoisotopic (exact) mass is 620 g/mol. The number of nitrogens with zero attached hydrogens (tertiary/aromatic N) is 1. The van der Waals surface area contributed by atoms with Crippen molar-refractivity contribution >= 4 is 6.09 Å². The second kappa shape index (κ2) is 34.0. The number of aromatic hydroxyl groups is 2. The fourth-order valence-corrected chi connectivity index (χ4v) is 5.64. The largest absolute Gasteiger partial charge is 0.508 e. The van der Waals surface area contributed by atoms with Gasteiger partial charge in [0.2, 0.25) is 0 Å². The van der Waals surface area contributed by atoms with Gasteiger partial charge in [0.15, 0.2) is 0 Å². The molecule has 0 aliphatic carbocycles. The molecule has 1 aromatic carbocycles. The molecule has 0 heterocycles. The highest BCUT2D eigenvalue weighted by atomic mass is 16.6. The van der Waals surface area contributed by atoms with Crippen LogP contribution in [0.25, 0.3) is 0 Å². The maximum Gasteiger partial charge on any atom is 0.409 e. The number of benzene rings is 1. The number of amides is 1. The molecule has 0 aliphatic rings. The van der Waals surface area contributed by atoms with Crippen molar-refractivity contribution < 1.29 is 19.7 Å². The zero-order valence-electron chi connectivity index (χ0n) is 29.5. The van der Waals surface area contributed by atoms with Gasteiger partial charge in [-0.25, -0.2) is 4.79 Å². The number of carbonyl (C=O) groups is 1. The molecular formula is C39H73NO4. The molecule has 1 amide bonds. The summed E-state index contributed by atoms with van der Waals surface area (Å²) in [4.78, 5) is 14.3. The van der Waals surface area contributed by atoms with Gasteiger partial charge >= 0.3 is 6.09 Å². The summed E-state index contributed by atoms with van der Waals surface area (Å²) < 4.78 is 5.32. The average molecular weight is 620 g/mol. The molecule has 0 spiro atoms. The van der Waals surface area contributed by atoms with E-state index in [0.717, 1.165) is 25.9 Å². The van der Waals surface area contributed by atoms with Gasteiger partial charge in [0.05, 0.1) is 6.61 Å². The maximum atomic E-state index is 12.3. The van der Waals surface area contributed by atoms with E-state index in [9.17, 15) is 4.79 Å². The van der Waals surface area contributed by atoms with Crippen molar-refractivity contribution in [1.29, 1.82) is 0 Å². The van der Waals surface area contributed by atoms with Crippen LogP contribution in [0.1, 0.15) is 188 Å². The van der Waals surface area contributed by atoms with Crippen LogP contribution in [0, 0.1) is 0 Å². The first-order chi connectivity index (χ1) is 21.5. The van der Waals surface area contributed by atoms with Gasteiger partial charge in [0.1, 0.15) is 11.5 Å². The standard InChI is InChI=1S/C33H67NO2.C6H6O2/c1-4-7-9-11-13-15-17-19-21-23-25-27-29-31-34(33(35)36-6-3)32-30-28-26-24-22-20-18-16-14-12-10-8-5-2;7-5-2-1-3-6(8)4-5/h4-32H2,1-3H3;1-4,7-8H. The molecule has 0 unspecified atom stereocenters. The Morgan fingerprint density at radius 1 is 0.523 bits per heavy atom. The van der Waals surface area contributed by atoms with E-state index in [-0.39, 0.29) is 17.6 Å². The third kappa shape index (κ3) is 30.1. The molecular weight excluding hydrogens is 546 g/mol. The molecule has 0 radical (unpaired) electrons. The van der Waals surface area contributed by atoms with E-state index in [1.165, 1.54) is 172 Å². The highest BCUT2D eigenvalue weighted by molar-refractivity contribution is 5.67. The molecule has 0 bridgehead atoms. The van der Waals surface area contributed by atoms with Crippen LogP contribution < -0.4 is 0 Å². The van der Waals surface area contributed by atoms with Crippen molar-refractivity contribution in [3.05, 3.63) is 24.3 Å². The van der Waals surface area contributed by atoms with E-state index in [1.807, 2.05) is 11.8 Å². The summed E-state index contributed by atoms with van der Waals surface area (Å²) in [5.41, 5.74) is 0. The first kappa shape index (κ1) is 42.1. The molecule has 1 rings (SSSR count). The summed E-state index contributed by atoms with van der Waals surface area (Å²) in [6.45, 7) is 8.70.